The maximum atomic E-state index is 13.9. The second kappa shape index (κ2) is 10.6. The summed E-state index contributed by atoms with van der Waals surface area (Å²) in [6, 6.07) is 3.77. The van der Waals surface area contributed by atoms with Gasteiger partial charge in [0.05, 0.1) is 17.9 Å². The summed E-state index contributed by atoms with van der Waals surface area (Å²) < 4.78 is 84.3. The number of pyridine rings is 1. The first-order valence-electron chi connectivity index (χ1n) is 10.5. The van der Waals surface area contributed by atoms with Crippen LogP contribution in [0.25, 0.3) is 5.70 Å². The molecule has 198 valence electrons. The molecular weight excluding hydrogens is 545 g/mol. The Morgan fingerprint density at radius 3 is 2.54 bits per heavy atom. The molecule has 1 aromatic carbocycles. The highest BCUT2D eigenvalue weighted by molar-refractivity contribution is 7.99. The number of nitrogens with two attached hydrogens (primary N) is 2. The monoisotopic (exact) mass is 563 g/mol. The molecule has 0 bridgehead atoms. The molecule has 4 rings (SSSR count). The Kier molecular flexibility index (Phi) is 7.84. The van der Waals surface area contributed by atoms with Crippen molar-refractivity contribution in [3.63, 3.8) is 0 Å². The van der Waals surface area contributed by atoms with Gasteiger partial charge in [-0.15, -0.1) is 0 Å². The molecule has 5 unspecified atom stereocenters. The predicted octanol–water partition coefficient (Wildman–Crippen LogP) is 3.64. The normalized spacial score (nSPS) is 25.7. The molecule has 5 atom stereocenters. The summed E-state index contributed by atoms with van der Waals surface area (Å²) in [5.41, 5.74) is 3.22. The summed E-state index contributed by atoms with van der Waals surface area (Å²) in [5.74, 6) is 4.27. The van der Waals surface area contributed by atoms with Crippen LogP contribution in [-0.4, -0.2) is 53.5 Å². The van der Waals surface area contributed by atoms with Gasteiger partial charge in [-0.05, 0) is 18.2 Å². The first-order valence-corrected chi connectivity index (χ1v) is 11.8. The molecule has 2 saturated heterocycles. The molecule has 0 radical (unpaired) electrons. The number of hydrogen-bond donors (Lipinski definition) is 2. The maximum absolute atomic E-state index is 13.9. The average molecular weight is 564 g/mol. The number of fused-ring (bicyclic) bond motifs is 1. The number of thioether (sulfide) groups is 1. The second-order valence-corrected chi connectivity index (χ2v) is 9.66. The molecule has 1 aromatic heterocycles. The summed E-state index contributed by atoms with van der Waals surface area (Å²) in [6.07, 6.45) is -4.35. The van der Waals surface area contributed by atoms with E-state index in [4.69, 9.17) is 37.4 Å². The quantitative estimate of drug-likeness (QED) is 0.235. The molecule has 3 heterocycles. The number of nitrogens with zero attached hydrogens (tertiary/aromatic N) is 3. The van der Waals surface area contributed by atoms with Gasteiger partial charge in [0.15, 0.2) is 5.69 Å². The molecule has 2 aromatic rings. The van der Waals surface area contributed by atoms with Gasteiger partial charge in [0.1, 0.15) is 52.5 Å². The highest BCUT2D eigenvalue weighted by Crippen LogP contribution is 2.41. The van der Waals surface area contributed by atoms with E-state index in [-0.39, 0.29) is 22.8 Å². The van der Waals surface area contributed by atoms with Gasteiger partial charge in [0.25, 0.3) is 0 Å². The van der Waals surface area contributed by atoms with E-state index >= 15 is 0 Å². The average Bonchev–Trinajstić information content (AvgIpc) is 2.82. The molecule has 2 aliphatic heterocycles. The molecule has 0 amide bonds. The molecular formula is C22H19ClF5N5O3S. The van der Waals surface area contributed by atoms with Crippen LogP contribution in [-0.2, 0) is 20.4 Å². The van der Waals surface area contributed by atoms with Crippen molar-refractivity contribution in [3.05, 3.63) is 64.1 Å². The highest BCUT2D eigenvalue weighted by Gasteiger charge is 2.53. The van der Waals surface area contributed by atoms with E-state index in [1.54, 1.807) is 0 Å². The van der Waals surface area contributed by atoms with Gasteiger partial charge in [-0.1, -0.05) is 23.4 Å². The lowest BCUT2D eigenvalue weighted by molar-refractivity contribution is -0.272. The van der Waals surface area contributed by atoms with Crippen molar-refractivity contribution < 1.29 is 36.2 Å². The fourth-order valence-electron chi connectivity index (χ4n) is 4.00. The van der Waals surface area contributed by atoms with Gasteiger partial charge in [0.2, 0.25) is 0 Å². The van der Waals surface area contributed by atoms with E-state index in [0.717, 1.165) is 36.2 Å². The molecule has 0 aliphatic carbocycles. The highest BCUT2D eigenvalue weighted by atomic mass is 35.5. The lowest BCUT2D eigenvalue weighted by Gasteiger charge is -2.53. The second-order valence-electron chi connectivity index (χ2n) is 8.11. The largest absolute Gasteiger partial charge is 0.434 e. The third-order valence-electron chi connectivity index (χ3n) is 5.80. The van der Waals surface area contributed by atoms with Gasteiger partial charge < -0.3 is 25.0 Å². The van der Waals surface area contributed by atoms with Crippen molar-refractivity contribution >= 4 is 29.1 Å². The Morgan fingerprint density at radius 2 is 2.00 bits per heavy atom. The molecule has 0 saturated carbocycles. The number of aromatic nitrogens is 1. The van der Waals surface area contributed by atoms with Crippen LogP contribution in [0.2, 0.25) is 5.02 Å². The van der Waals surface area contributed by atoms with Gasteiger partial charge >= 0.3 is 6.18 Å². The number of methoxy groups -OCH3 is 1. The topological polar surface area (TPSA) is 120 Å². The van der Waals surface area contributed by atoms with E-state index in [1.165, 1.54) is 24.4 Å². The Bertz CT molecular complexity index is 1240. The zero-order chi connectivity index (χ0) is 27.1. The molecule has 4 N–H and O–H groups in total. The van der Waals surface area contributed by atoms with Crippen molar-refractivity contribution in [1.29, 1.82) is 5.26 Å². The van der Waals surface area contributed by atoms with Gasteiger partial charge in [-0.2, -0.15) is 18.4 Å². The minimum absolute atomic E-state index is 0.00672. The third-order valence-corrected chi connectivity index (χ3v) is 7.26. The SMILES string of the molecule is COC1C(Sc2cnc(C(F)(F)F)c(C#N)c2)OC2COC2C1N(N)/C=C(\N)c1cc(F)c(Cl)c(F)c1. The van der Waals surface area contributed by atoms with Crippen LogP contribution >= 0.6 is 23.4 Å². The van der Waals surface area contributed by atoms with Crippen LogP contribution in [0.1, 0.15) is 16.8 Å². The van der Waals surface area contributed by atoms with E-state index in [1.807, 2.05) is 0 Å². The number of benzene rings is 1. The van der Waals surface area contributed by atoms with Crippen LogP contribution in [0.4, 0.5) is 22.0 Å². The summed E-state index contributed by atoms with van der Waals surface area (Å²) in [5, 5.41) is 9.67. The number of halogens is 6. The molecule has 15 heteroatoms. The van der Waals surface area contributed by atoms with Gasteiger partial charge in [-0.3, -0.25) is 0 Å². The zero-order valence-electron chi connectivity index (χ0n) is 18.9. The summed E-state index contributed by atoms with van der Waals surface area (Å²) in [6.45, 7) is 0.226. The van der Waals surface area contributed by atoms with E-state index in [9.17, 15) is 27.2 Å². The lowest BCUT2D eigenvalue weighted by atomic mass is 9.93. The van der Waals surface area contributed by atoms with Crippen LogP contribution in [0.5, 0.6) is 0 Å². The fraction of sp³-hybridized carbons (Fsp3) is 0.364. The first kappa shape index (κ1) is 27.4. The number of nitriles is 1. The van der Waals surface area contributed by atoms with Crippen molar-refractivity contribution in [3.8, 4) is 6.07 Å². The minimum Gasteiger partial charge on any atom is -0.397 e. The first-order chi connectivity index (χ1) is 17.4. The number of alkyl halides is 3. The number of hydrogen-bond acceptors (Lipinski definition) is 9. The molecule has 2 aliphatic rings. The molecule has 37 heavy (non-hydrogen) atoms. The Labute approximate surface area is 216 Å². The fourth-order valence-corrected chi connectivity index (χ4v) is 5.28. The third kappa shape index (κ3) is 5.47. The smallest absolute Gasteiger partial charge is 0.397 e. The Balaban J connectivity index is 1.60. The Hall–Kier alpha value is -2.67. The standard InChI is InChI=1S/C22H19ClF5N5O3S/c1-34-19-17(33(31)7-14(30)9-3-12(24)16(23)13(25)4-9)18-15(8-35-18)36-21(19)37-11-2-10(5-29)20(32-6-11)22(26,27)28/h2-4,6-7,15,17-19,21H,8,30-31H2,1H3/b14-7-. The van der Waals surface area contributed by atoms with Crippen LogP contribution in [0.15, 0.2) is 35.5 Å². The molecule has 2 fully saturated rings. The summed E-state index contributed by atoms with van der Waals surface area (Å²) >= 11 is 6.52. The Morgan fingerprint density at radius 1 is 1.32 bits per heavy atom. The minimum atomic E-state index is -4.78. The maximum Gasteiger partial charge on any atom is 0.434 e. The van der Waals surface area contributed by atoms with Gasteiger partial charge in [-0.25, -0.2) is 19.6 Å². The van der Waals surface area contributed by atoms with Crippen molar-refractivity contribution in [2.75, 3.05) is 13.7 Å². The number of rotatable bonds is 6. The van der Waals surface area contributed by atoms with E-state index in [2.05, 4.69) is 4.98 Å². The van der Waals surface area contributed by atoms with Crippen LogP contribution in [0, 0.1) is 23.0 Å². The molecule has 8 nitrogen and oxygen atoms in total. The van der Waals surface area contributed by atoms with Crippen molar-refractivity contribution in [1.82, 2.24) is 9.99 Å². The van der Waals surface area contributed by atoms with E-state index < -0.39 is 63.9 Å². The number of ether oxygens (including phenoxy) is 3. The van der Waals surface area contributed by atoms with Crippen LogP contribution in [0.3, 0.4) is 0 Å². The van der Waals surface area contributed by atoms with Crippen molar-refractivity contribution in [2.24, 2.45) is 11.6 Å². The zero-order valence-corrected chi connectivity index (χ0v) is 20.5. The predicted molar refractivity (Wildman–Crippen MR) is 122 cm³/mol. The van der Waals surface area contributed by atoms with E-state index in [0.29, 0.717) is 0 Å². The molecule has 0 spiro atoms. The van der Waals surface area contributed by atoms with Crippen molar-refractivity contribution in [2.45, 2.75) is 40.9 Å². The summed E-state index contributed by atoms with van der Waals surface area (Å²) in [4.78, 5) is 3.65. The van der Waals surface area contributed by atoms with Gasteiger partial charge in [0, 0.05) is 30.0 Å². The lowest BCUT2D eigenvalue weighted by Crippen LogP contribution is -2.70. The van der Waals surface area contributed by atoms with Crippen LogP contribution < -0.4 is 11.6 Å². The summed E-state index contributed by atoms with van der Waals surface area (Å²) in [7, 11) is 1.38. The number of hydrazine groups is 1.